The molecule has 1 N–H and O–H groups in total. The van der Waals surface area contributed by atoms with Gasteiger partial charge < -0.3 is 10.1 Å². The summed E-state index contributed by atoms with van der Waals surface area (Å²) in [4.78, 5) is 38.4. The predicted molar refractivity (Wildman–Crippen MR) is 74.0 cm³/mol. The molecule has 1 aliphatic heterocycles. The van der Waals surface area contributed by atoms with Crippen LogP contribution in [0.15, 0.2) is 46.3 Å². The molecule has 1 aromatic rings. The first-order valence-electron chi connectivity index (χ1n) is 5.57. The zero-order valence-electron chi connectivity index (χ0n) is 10.5. The highest BCUT2D eigenvalue weighted by molar-refractivity contribution is 8.18. The van der Waals surface area contributed by atoms with Gasteiger partial charge in [0.2, 0.25) is 0 Å². The first-order chi connectivity index (χ1) is 9.60. The molecule has 0 atom stereocenters. The van der Waals surface area contributed by atoms with Crippen molar-refractivity contribution in [3.8, 4) is 0 Å². The average molecular weight is 290 g/mol. The first kappa shape index (κ1) is 14.0. The van der Waals surface area contributed by atoms with Gasteiger partial charge in [0, 0.05) is 11.6 Å². The van der Waals surface area contributed by atoms with Crippen LogP contribution in [0.5, 0.6) is 0 Å². The Labute approximate surface area is 118 Å². The van der Waals surface area contributed by atoms with Crippen molar-refractivity contribution in [1.29, 1.82) is 0 Å². The van der Waals surface area contributed by atoms with Crippen LogP contribution < -0.4 is 5.32 Å². The van der Waals surface area contributed by atoms with E-state index in [0.717, 1.165) is 17.8 Å². The number of nitrogens with zero attached hydrogens (tertiary/aromatic N) is 1. The molecule has 0 unspecified atom stereocenters. The van der Waals surface area contributed by atoms with Gasteiger partial charge >= 0.3 is 5.97 Å². The van der Waals surface area contributed by atoms with Crippen LogP contribution in [0.2, 0.25) is 0 Å². The molecule has 1 aromatic carbocycles. The zero-order chi connectivity index (χ0) is 14.5. The minimum Gasteiger partial charge on any atom is -0.466 e. The highest BCUT2D eigenvalue weighted by Gasteiger charge is 2.25. The number of hydrogen-bond donors (Lipinski definition) is 1. The van der Waals surface area contributed by atoms with Crippen molar-refractivity contribution in [2.75, 3.05) is 7.11 Å². The molecule has 1 aliphatic rings. The normalized spacial score (nSPS) is 18.1. The van der Waals surface area contributed by atoms with E-state index in [1.165, 1.54) is 7.11 Å². The van der Waals surface area contributed by atoms with E-state index >= 15 is 0 Å². The second kappa shape index (κ2) is 6.16. The Bertz CT molecular complexity index is 623. The van der Waals surface area contributed by atoms with Crippen molar-refractivity contribution in [3.63, 3.8) is 0 Å². The quantitative estimate of drug-likeness (QED) is 0.651. The van der Waals surface area contributed by atoms with E-state index in [0.29, 0.717) is 5.56 Å². The number of benzene rings is 1. The number of methoxy groups -OCH3 is 1. The number of carbonyl (C=O) groups excluding carboxylic acids is 3. The van der Waals surface area contributed by atoms with Crippen LogP contribution in [-0.4, -0.2) is 30.1 Å². The van der Waals surface area contributed by atoms with Gasteiger partial charge in [-0.15, -0.1) is 0 Å². The summed E-state index contributed by atoms with van der Waals surface area (Å²) in [5, 5.41) is 2.55. The van der Waals surface area contributed by atoms with E-state index in [1.807, 2.05) is 0 Å². The van der Waals surface area contributed by atoms with Gasteiger partial charge in [-0.1, -0.05) is 18.2 Å². The third-order valence-electron chi connectivity index (χ3n) is 2.32. The van der Waals surface area contributed by atoms with Crippen molar-refractivity contribution < 1.29 is 19.1 Å². The number of thioether (sulfide) groups is 1. The molecule has 2 amide bonds. The number of aliphatic imine (C=N–C) groups is 1. The Morgan fingerprint density at radius 1 is 1.30 bits per heavy atom. The molecule has 2 rings (SSSR count). The van der Waals surface area contributed by atoms with E-state index in [9.17, 15) is 14.4 Å². The van der Waals surface area contributed by atoms with Gasteiger partial charge in [-0.25, -0.2) is 4.79 Å². The number of nitrogens with one attached hydrogen (secondary N) is 1. The van der Waals surface area contributed by atoms with Gasteiger partial charge in [0.05, 0.1) is 12.0 Å². The summed E-state index contributed by atoms with van der Waals surface area (Å²) in [5.41, 5.74) is 0.417. The fourth-order valence-corrected chi connectivity index (χ4v) is 2.16. The van der Waals surface area contributed by atoms with Crippen molar-refractivity contribution in [2.45, 2.75) is 0 Å². The molecule has 0 saturated carbocycles. The Morgan fingerprint density at radius 2 is 2.00 bits per heavy atom. The van der Waals surface area contributed by atoms with Crippen molar-refractivity contribution >= 4 is 34.7 Å². The summed E-state index contributed by atoms with van der Waals surface area (Å²) >= 11 is 0.914. The molecule has 1 saturated heterocycles. The molecule has 0 spiro atoms. The lowest BCUT2D eigenvalue weighted by Crippen LogP contribution is -2.21. The topological polar surface area (TPSA) is 84.8 Å². The summed E-state index contributed by atoms with van der Waals surface area (Å²) in [5.74, 6) is -1.59. The standard InChI is InChI=1S/C13H10N2O4S/c1-19-10(16)7-9-12(18)15-13(20-9)14-11(17)8-5-3-2-4-6-8/h2-7H,1H3,(H,14,15,17,18)/b9-7+. The summed E-state index contributed by atoms with van der Waals surface area (Å²) < 4.78 is 4.43. The monoisotopic (exact) mass is 290 g/mol. The molecular formula is C13H10N2O4S. The van der Waals surface area contributed by atoms with E-state index < -0.39 is 17.8 Å². The molecular weight excluding hydrogens is 280 g/mol. The second-order valence-corrected chi connectivity index (χ2v) is 4.71. The molecule has 0 aliphatic carbocycles. The lowest BCUT2D eigenvalue weighted by Gasteiger charge is -1.95. The van der Waals surface area contributed by atoms with Crippen molar-refractivity contribution in [3.05, 3.63) is 46.9 Å². The maximum Gasteiger partial charge on any atom is 0.331 e. The lowest BCUT2D eigenvalue weighted by molar-refractivity contribution is -0.135. The highest BCUT2D eigenvalue weighted by Crippen LogP contribution is 2.23. The predicted octanol–water partition coefficient (Wildman–Crippen LogP) is 1.10. The van der Waals surface area contributed by atoms with Gasteiger partial charge in [-0.2, -0.15) is 4.99 Å². The second-order valence-electron chi connectivity index (χ2n) is 3.68. The van der Waals surface area contributed by atoms with Crippen LogP contribution in [0, 0.1) is 0 Å². The number of rotatable bonds is 2. The number of carbonyl (C=O) groups is 3. The smallest absolute Gasteiger partial charge is 0.331 e. The van der Waals surface area contributed by atoms with Crippen LogP contribution >= 0.6 is 11.8 Å². The minimum atomic E-state index is -0.640. The fraction of sp³-hybridized carbons (Fsp3) is 0.0769. The summed E-state index contributed by atoms with van der Waals surface area (Å²) in [6, 6.07) is 8.47. The van der Waals surface area contributed by atoms with Crippen LogP contribution in [0.1, 0.15) is 10.4 Å². The highest BCUT2D eigenvalue weighted by atomic mass is 32.2. The summed E-state index contributed by atoms with van der Waals surface area (Å²) in [6.45, 7) is 0. The average Bonchev–Trinajstić information content (AvgIpc) is 2.79. The number of amides is 2. The molecule has 1 heterocycles. The summed E-state index contributed by atoms with van der Waals surface area (Å²) in [6.07, 6.45) is 1.05. The molecule has 0 radical (unpaired) electrons. The number of hydrogen-bond acceptors (Lipinski definition) is 5. The number of ether oxygens (including phenoxy) is 1. The maximum atomic E-state index is 11.8. The Kier molecular flexibility index (Phi) is 4.31. The minimum absolute atomic E-state index is 0.136. The number of amidine groups is 1. The number of esters is 1. The first-order valence-corrected chi connectivity index (χ1v) is 6.38. The Hall–Kier alpha value is -2.41. The van der Waals surface area contributed by atoms with E-state index in [4.69, 9.17) is 0 Å². The van der Waals surface area contributed by atoms with Crippen LogP contribution in [0.4, 0.5) is 0 Å². The third kappa shape index (κ3) is 3.33. The van der Waals surface area contributed by atoms with Gasteiger partial charge in [0.15, 0.2) is 5.17 Å². The SMILES string of the molecule is COC(=O)/C=C1/SC(=NC(=O)c2ccccc2)NC1=O. The van der Waals surface area contributed by atoms with Crippen LogP contribution in [0.3, 0.4) is 0 Å². The maximum absolute atomic E-state index is 11.8. The lowest BCUT2D eigenvalue weighted by atomic mass is 10.2. The third-order valence-corrected chi connectivity index (χ3v) is 3.23. The Balaban J connectivity index is 2.14. The fourth-order valence-electron chi connectivity index (χ4n) is 1.38. The van der Waals surface area contributed by atoms with E-state index in [-0.39, 0.29) is 10.1 Å². The largest absolute Gasteiger partial charge is 0.466 e. The van der Waals surface area contributed by atoms with E-state index in [1.54, 1.807) is 30.3 Å². The van der Waals surface area contributed by atoms with Gasteiger partial charge in [0.1, 0.15) is 0 Å². The van der Waals surface area contributed by atoms with Gasteiger partial charge in [-0.05, 0) is 23.9 Å². The van der Waals surface area contributed by atoms with Crippen molar-refractivity contribution in [2.24, 2.45) is 4.99 Å². The molecule has 0 bridgehead atoms. The molecule has 1 fully saturated rings. The van der Waals surface area contributed by atoms with Gasteiger partial charge in [-0.3, -0.25) is 9.59 Å². The van der Waals surface area contributed by atoms with Crippen LogP contribution in [-0.2, 0) is 14.3 Å². The van der Waals surface area contributed by atoms with E-state index in [2.05, 4.69) is 15.0 Å². The molecule has 7 heteroatoms. The zero-order valence-corrected chi connectivity index (χ0v) is 11.3. The molecule has 6 nitrogen and oxygen atoms in total. The molecule has 102 valence electrons. The van der Waals surface area contributed by atoms with Crippen molar-refractivity contribution in [1.82, 2.24) is 5.32 Å². The Morgan fingerprint density at radius 3 is 2.65 bits per heavy atom. The summed E-state index contributed by atoms with van der Waals surface area (Å²) in [7, 11) is 1.21. The molecule has 0 aromatic heterocycles. The molecule has 20 heavy (non-hydrogen) atoms. The van der Waals surface area contributed by atoms with Crippen LogP contribution in [0.25, 0.3) is 0 Å². The van der Waals surface area contributed by atoms with Gasteiger partial charge in [0.25, 0.3) is 11.8 Å².